The number of nitrogens with one attached hydrogen (secondary N) is 1. The molecule has 0 atom stereocenters. The number of nitro benzene ring substituents is 1. The van der Waals surface area contributed by atoms with Crippen molar-refractivity contribution in [2.75, 3.05) is 32.9 Å². The van der Waals surface area contributed by atoms with E-state index < -0.39 is 20.6 Å². The van der Waals surface area contributed by atoms with Gasteiger partial charge in [0.15, 0.2) is 12.4 Å². The lowest BCUT2D eigenvalue weighted by Gasteiger charge is -2.26. The summed E-state index contributed by atoms with van der Waals surface area (Å²) in [5.74, 6) is -0.488. The van der Waals surface area contributed by atoms with Gasteiger partial charge in [-0.1, -0.05) is 25.7 Å². The molecule has 30 heavy (non-hydrogen) atoms. The summed E-state index contributed by atoms with van der Waals surface area (Å²) < 4.78 is 37.2. The molecule has 1 saturated heterocycles. The van der Waals surface area contributed by atoms with Crippen LogP contribution in [0, 0.1) is 10.1 Å². The van der Waals surface area contributed by atoms with Crippen LogP contribution < -0.4 is 10.1 Å². The fraction of sp³-hybridized carbons (Fsp3) is 0.632. The number of nitro groups is 1. The van der Waals surface area contributed by atoms with Crippen molar-refractivity contribution < 1.29 is 27.6 Å². The molecular weight excluding hydrogens is 414 g/mol. The van der Waals surface area contributed by atoms with E-state index in [9.17, 15) is 23.3 Å². The molecule has 1 aliphatic heterocycles. The van der Waals surface area contributed by atoms with Crippen molar-refractivity contribution in [1.29, 1.82) is 0 Å². The molecule has 1 amide bonds. The highest BCUT2D eigenvalue weighted by molar-refractivity contribution is 7.89. The molecule has 1 aliphatic carbocycles. The Balaban J connectivity index is 1.67. The number of nitrogens with zero attached hydrogens (tertiary/aromatic N) is 2. The molecule has 1 saturated carbocycles. The smallest absolute Gasteiger partial charge is 0.312 e. The van der Waals surface area contributed by atoms with Gasteiger partial charge in [-0.05, 0) is 25.0 Å². The van der Waals surface area contributed by atoms with Crippen LogP contribution >= 0.6 is 0 Å². The topological polar surface area (TPSA) is 128 Å². The molecule has 0 aromatic heterocycles. The van der Waals surface area contributed by atoms with Crippen LogP contribution in [0.25, 0.3) is 0 Å². The predicted molar refractivity (Wildman–Crippen MR) is 108 cm³/mol. The molecule has 2 fully saturated rings. The van der Waals surface area contributed by atoms with Crippen molar-refractivity contribution in [2.24, 2.45) is 0 Å². The van der Waals surface area contributed by atoms with Gasteiger partial charge in [-0.3, -0.25) is 14.9 Å². The maximum absolute atomic E-state index is 12.7. The Morgan fingerprint density at radius 2 is 1.87 bits per heavy atom. The van der Waals surface area contributed by atoms with Crippen molar-refractivity contribution in [3.8, 4) is 5.75 Å². The van der Waals surface area contributed by atoms with E-state index in [0.29, 0.717) is 0 Å². The average molecular weight is 442 g/mol. The molecule has 1 aromatic rings. The van der Waals surface area contributed by atoms with E-state index in [-0.39, 0.29) is 55.5 Å². The van der Waals surface area contributed by atoms with Gasteiger partial charge in [0.25, 0.3) is 5.91 Å². The van der Waals surface area contributed by atoms with E-state index in [1.165, 1.54) is 16.4 Å². The van der Waals surface area contributed by atoms with Crippen LogP contribution in [0.5, 0.6) is 5.75 Å². The monoisotopic (exact) mass is 441 g/mol. The van der Waals surface area contributed by atoms with Crippen LogP contribution in [-0.2, 0) is 19.6 Å². The first-order chi connectivity index (χ1) is 14.4. The molecule has 3 rings (SSSR count). The van der Waals surface area contributed by atoms with Gasteiger partial charge in [0.05, 0.1) is 23.0 Å². The first-order valence-corrected chi connectivity index (χ1v) is 11.6. The molecule has 0 radical (unpaired) electrons. The normalized spacial score (nSPS) is 19.1. The van der Waals surface area contributed by atoms with Crippen LogP contribution in [0.15, 0.2) is 23.1 Å². The van der Waals surface area contributed by atoms with E-state index in [0.717, 1.165) is 44.6 Å². The van der Waals surface area contributed by atoms with Crippen LogP contribution in [0.4, 0.5) is 5.69 Å². The Morgan fingerprint density at radius 3 is 2.50 bits per heavy atom. The molecule has 1 N–H and O–H groups in total. The van der Waals surface area contributed by atoms with Crippen molar-refractivity contribution in [3.05, 3.63) is 28.3 Å². The lowest BCUT2D eigenvalue weighted by Crippen LogP contribution is -2.40. The number of hydrogen-bond donors (Lipinski definition) is 1. The van der Waals surface area contributed by atoms with Crippen LogP contribution in [-0.4, -0.2) is 62.5 Å². The Morgan fingerprint density at radius 1 is 1.20 bits per heavy atom. The summed E-state index contributed by atoms with van der Waals surface area (Å²) in [6, 6.07) is 3.56. The van der Waals surface area contributed by atoms with Crippen molar-refractivity contribution in [2.45, 2.75) is 49.5 Å². The Bertz CT molecular complexity index is 861. The lowest BCUT2D eigenvalue weighted by molar-refractivity contribution is -0.386. The Hall–Kier alpha value is -2.24. The molecule has 0 unspecified atom stereocenters. The van der Waals surface area contributed by atoms with E-state index in [1.54, 1.807) is 0 Å². The summed E-state index contributed by atoms with van der Waals surface area (Å²) in [6.45, 7) is 0.565. The van der Waals surface area contributed by atoms with Crippen molar-refractivity contribution in [1.82, 2.24) is 9.62 Å². The second-order valence-corrected chi connectivity index (χ2v) is 9.39. The first-order valence-electron chi connectivity index (χ1n) is 10.2. The molecule has 2 aliphatic rings. The second-order valence-electron chi connectivity index (χ2n) is 7.45. The van der Waals surface area contributed by atoms with Gasteiger partial charge in [0.1, 0.15) is 0 Å². The van der Waals surface area contributed by atoms with E-state index in [2.05, 4.69) is 5.32 Å². The van der Waals surface area contributed by atoms with Gasteiger partial charge in [0, 0.05) is 25.2 Å². The van der Waals surface area contributed by atoms with Crippen LogP contribution in [0.2, 0.25) is 0 Å². The quantitative estimate of drug-likeness (QED) is 0.388. The number of hydrogen-bond acceptors (Lipinski definition) is 7. The molecule has 1 heterocycles. The number of sulfonamides is 1. The zero-order valence-corrected chi connectivity index (χ0v) is 17.6. The molecule has 0 spiro atoms. The minimum absolute atomic E-state index is 0.0969. The number of carbonyl (C=O) groups excluding carboxylic acids is 1. The van der Waals surface area contributed by atoms with Crippen molar-refractivity contribution in [3.63, 3.8) is 0 Å². The summed E-state index contributed by atoms with van der Waals surface area (Å²) >= 11 is 0. The number of morpholine rings is 1. The third kappa shape index (κ3) is 5.67. The fourth-order valence-corrected chi connectivity index (χ4v) is 5.12. The summed E-state index contributed by atoms with van der Waals surface area (Å²) in [5, 5.41) is 14.4. The SMILES string of the molecule is O=C(COc1ccc(S(=O)(=O)N2CCOCC2)cc1[N+](=O)[O-])NC1CCCCCC1. The molecular formula is C19H27N3O7S. The van der Waals surface area contributed by atoms with Gasteiger partial charge < -0.3 is 14.8 Å². The fourth-order valence-electron chi connectivity index (χ4n) is 3.69. The third-order valence-electron chi connectivity index (χ3n) is 5.31. The zero-order valence-electron chi connectivity index (χ0n) is 16.7. The van der Waals surface area contributed by atoms with Gasteiger partial charge in [-0.15, -0.1) is 0 Å². The van der Waals surface area contributed by atoms with Gasteiger partial charge >= 0.3 is 5.69 Å². The first kappa shape index (κ1) is 22.4. The minimum atomic E-state index is -3.87. The molecule has 10 nitrogen and oxygen atoms in total. The second kappa shape index (κ2) is 10.2. The Kier molecular flexibility index (Phi) is 7.62. The third-order valence-corrected chi connectivity index (χ3v) is 7.21. The van der Waals surface area contributed by atoms with E-state index >= 15 is 0 Å². The van der Waals surface area contributed by atoms with E-state index in [4.69, 9.17) is 9.47 Å². The summed E-state index contributed by atoms with van der Waals surface area (Å²) in [7, 11) is -3.87. The predicted octanol–water partition coefficient (Wildman–Crippen LogP) is 1.83. The van der Waals surface area contributed by atoms with Gasteiger partial charge in [-0.2, -0.15) is 4.31 Å². The summed E-state index contributed by atoms with van der Waals surface area (Å²) in [5.41, 5.74) is -0.494. The standard InChI is InChI=1S/C19H27N3O7S/c23-19(20-15-5-3-1-2-4-6-15)14-29-18-8-7-16(13-17(18)22(24)25)30(26,27)21-9-11-28-12-10-21/h7-8,13,15H,1-6,9-12,14H2,(H,20,23). The van der Waals surface area contributed by atoms with Gasteiger partial charge in [-0.25, -0.2) is 8.42 Å². The highest BCUT2D eigenvalue weighted by Gasteiger charge is 2.29. The summed E-state index contributed by atoms with van der Waals surface area (Å²) in [6.07, 6.45) is 6.29. The largest absolute Gasteiger partial charge is 0.477 e. The zero-order chi connectivity index (χ0) is 21.6. The van der Waals surface area contributed by atoms with E-state index in [1.807, 2.05) is 0 Å². The number of benzene rings is 1. The number of amides is 1. The minimum Gasteiger partial charge on any atom is -0.477 e. The summed E-state index contributed by atoms with van der Waals surface area (Å²) in [4.78, 5) is 22.8. The maximum atomic E-state index is 12.7. The number of rotatable bonds is 7. The average Bonchev–Trinajstić information content (AvgIpc) is 3.01. The van der Waals surface area contributed by atoms with Gasteiger partial charge in [0.2, 0.25) is 10.0 Å². The van der Waals surface area contributed by atoms with Crippen LogP contribution in [0.3, 0.4) is 0 Å². The molecule has 11 heteroatoms. The number of carbonyl (C=O) groups is 1. The molecule has 0 bridgehead atoms. The number of ether oxygens (including phenoxy) is 2. The maximum Gasteiger partial charge on any atom is 0.312 e. The highest BCUT2D eigenvalue weighted by Crippen LogP contribution is 2.31. The molecule has 166 valence electrons. The van der Waals surface area contributed by atoms with Crippen LogP contribution in [0.1, 0.15) is 38.5 Å². The highest BCUT2D eigenvalue weighted by atomic mass is 32.2. The van der Waals surface area contributed by atoms with Crippen molar-refractivity contribution >= 4 is 21.6 Å². The Labute approximate surface area is 175 Å². The lowest BCUT2D eigenvalue weighted by atomic mass is 10.1. The molecule has 1 aromatic carbocycles.